The van der Waals surface area contributed by atoms with Crippen LogP contribution in [-0.2, 0) is 6.42 Å². The van der Waals surface area contributed by atoms with Gasteiger partial charge in [-0.3, -0.25) is 0 Å². The van der Waals surface area contributed by atoms with E-state index in [0.717, 1.165) is 18.6 Å². The van der Waals surface area contributed by atoms with Crippen LogP contribution in [-0.4, -0.2) is 19.2 Å². The lowest BCUT2D eigenvalue weighted by molar-refractivity contribution is 0.240. The summed E-state index contributed by atoms with van der Waals surface area (Å²) in [7, 11) is 2.03. The number of ether oxygens (including phenoxy) is 1. The summed E-state index contributed by atoms with van der Waals surface area (Å²) in [5.41, 5.74) is 2.60. The standard InChI is InChI=1S/C15H25NO/c1-6-14(16-5)10-13-7-8-15(12(4)9-13)17-11(2)3/h7-9,11,14,16H,6,10H2,1-5H3. The van der Waals surface area contributed by atoms with E-state index in [-0.39, 0.29) is 6.10 Å². The summed E-state index contributed by atoms with van der Waals surface area (Å²) < 4.78 is 5.74. The van der Waals surface area contributed by atoms with Gasteiger partial charge in [0.1, 0.15) is 5.75 Å². The molecule has 0 aliphatic rings. The molecule has 1 unspecified atom stereocenters. The molecule has 0 aliphatic carbocycles. The monoisotopic (exact) mass is 235 g/mol. The molecule has 0 radical (unpaired) electrons. The topological polar surface area (TPSA) is 21.3 Å². The molecule has 0 bridgehead atoms. The van der Waals surface area contributed by atoms with E-state index in [0.29, 0.717) is 6.04 Å². The summed E-state index contributed by atoms with van der Waals surface area (Å²) in [6.07, 6.45) is 2.47. The van der Waals surface area contributed by atoms with Crippen LogP contribution < -0.4 is 10.1 Å². The van der Waals surface area contributed by atoms with Crippen LogP contribution in [0.1, 0.15) is 38.3 Å². The lowest BCUT2D eigenvalue weighted by atomic mass is 10.0. The van der Waals surface area contributed by atoms with Crippen molar-refractivity contribution >= 4 is 0 Å². The molecule has 0 amide bonds. The van der Waals surface area contributed by atoms with Crippen LogP contribution in [0.5, 0.6) is 5.75 Å². The summed E-state index contributed by atoms with van der Waals surface area (Å²) >= 11 is 0. The van der Waals surface area contributed by atoms with Gasteiger partial charge in [0.2, 0.25) is 0 Å². The second-order valence-electron chi connectivity index (χ2n) is 4.86. The number of likely N-dealkylation sites (N-methyl/N-ethyl adjacent to an activating group) is 1. The Morgan fingerprint density at radius 2 is 2.00 bits per heavy atom. The first-order chi connectivity index (χ1) is 8.06. The molecule has 0 heterocycles. The summed E-state index contributed by atoms with van der Waals surface area (Å²) in [6.45, 7) is 8.44. The van der Waals surface area contributed by atoms with Gasteiger partial charge in [-0.25, -0.2) is 0 Å². The molecule has 1 N–H and O–H groups in total. The van der Waals surface area contributed by atoms with Gasteiger partial charge in [-0.2, -0.15) is 0 Å². The summed E-state index contributed by atoms with van der Waals surface area (Å²) in [5.74, 6) is 1.00. The van der Waals surface area contributed by atoms with Gasteiger partial charge in [0.25, 0.3) is 0 Å². The Bertz CT molecular complexity index is 343. The predicted octanol–water partition coefficient (Wildman–Crippen LogP) is 3.32. The highest BCUT2D eigenvalue weighted by molar-refractivity contribution is 5.36. The van der Waals surface area contributed by atoms with Crippen molar-refractivity contribution < 1.29 is 4.74 Å². The third-order valence-electron chi connectivity index (χ3n) is 2.99. The fourth-order valence-electron chi connectivity index (χ4n) is 1.96. The first-order valence-corrected chi connectivity index (χ1v) is 6.50. The molecule has 1 atom stereocenters. The van der Waals surface area contributed by atoms with Gasteiger partial charge >= 0.3 is 0 Å². The Balaban J connectivity index is 2.74. The quantitative estimate of drug-likeness (QED) is 0.816. The highest BCUT2D eigenvalue weighted by Gasteiger charge is 2.07. The van der Waals surface area contributed by atoms with E-state index in [4.69, 9.17) is 4.74 Å². The fourth-order valence-corrected chi connectivity index (χ4v) is 1.96. The van der Waals surface area contributed by atoms with Gasteiger partial charge in [0.05, 0.1) is 6.10 Å². The van der Waals surface area contributed by atoms with Crippen LogP contribution in [0.15, 0.2) is 18.2 Å². The van der Waals surface area contributed by atoms with Crippen molar-refractivity contribution in [3.63, 3.8) is 0 Å². The van der Waals surface area contributed by atoms with E-state index in [2.05, 4.69) is 51.2 Å². The molecular formula is C15H25NO. The van der Waals surface area contributed by atoms with E-state index in [1.54, 1.807) is 0 Å². The molecule has 0 saturated heterocycles. The maximum Gasteiger partial charge on any atom is 0.122 e. The van der Waals surface area contributed by atoms with E-state index in [1.807, 2.05) is 7.05 Å². The minimum Gasteiger partial charge on any atom is -0.491 e. The molecule has 17 heavy (non-hydrogen) atoms. The third-order valence-corrected chi connectivity index (χ3v) is 2.99. The second-order valence-corrected chi connectivity index (χ2v) is 4.86. The van der Waals surface area contributed by atoms with Crippen LogP contribution in [0.25, 0.3) is 0 Å². The molecule has 1 rings (SSSR count). The predicted molar refractivity (Wildman–Crippen MR) is 73.8 cm³/mol. The van der Waals surface area contributed by atoms with Gasteiger partial charge in [-0.05, 0) is 57.9 Å². The van der Waals surface area contributed by atoms with Crippen molar-refractivity contribution in [2.24, 2.45) is 0 Å². The Morgan fingerprint density at radius 1 is 1.29 bits per heavy atom. The van der Waals surface area contributed by atoms with E-state index >= 15 is 0 Å². The minimum absolute atomic E-state index is 0.236. The molecule has 0 fully saturated rings. The Kier molecular flexibility index (Phi) is 5.49. The second kappa shape index (κ2) is 6.65. The van der Waals surface area contributed by atoms with Crippen molar-refractivity contribution in [1.82, 2.24) is 5.32 Å². The first kappa shape index (κ1) is 14.0. The van der Waals surface area contributed by atoms with Crippen LogP contribution in [0, 0.1) is 6.92 Å². The minimum atomic E-state index is 0.236. The molecule has 96 valence electrons. The molecule has 0 spiro atoms. The average molecular weight is 235 g/mol. The Hall–Kier alpha value is -1.02. The molecular weight excluding hydrogens is 210 g/mol. The van der Waals surface area contributed by atoms with Gasteiger partial charge in [0, 0.05) is 6.04 Å². The number of hydrogen-bond acceptors (Lipinski definition) is 2. The first-order valence-electron chi connectivity index (χ1n) is 6.50. The van der Waals surface area contributed by atoms with Crippen molar-refractivity contribution in [3.05, 3.63) is 29.3 Å². The number of benzene rings is 1. The molecule has 2 nitrogen and oxygen atoms in total. The lowest BCUT2D eigenvalue weighted by Crippen LogP contribution is -2.26. The fraction of sp³-hybridized carbons (Fsp3) is 0.600. The lowest BCUT2D eigenvalue weighted by Gasteiger charge is -2.16. The SMILES string of the molecule is CCC(Cc1ccc(OC(C)C)c(C)c1)NC. The Morgan fingerprint density at radius 3 is 2.47 bits per heavy atom. The zero-order chi connectivity index (χ0) is 12.8. The molecule has 1 aromatic rings. The van der Waals surface area contributed by atoms with Crippen LogP contribution in [0.2, 0.25) is 0 Å². The molecule has 2 heteroatoms. The maximum absolute atomic E-state index is 5.74. The Labute approximate surface area is 105 Å². The summed E-state index contributed by atoms with van der Waals surface area (Å²) in [6, 6.07) is 7.06. The number of hydrogen-bond donors (Lipinski definition) is 1. The van der Waals surface area contributed by atoms with Crippen molar-refractivity contribution in [1.29, 1.82) is 0 Å². The summed E-state index contributed by atoms with van der Waals surface area (Å²) in [4.78, 5) is 0. The van der Waals surface area contributed by atoms with Crippen LogP contribution in [0.4, 0.5) is 0 Å². The zero-order valence-corrected chi connectivity index (χ0v) is 11.7. The maximum atomic E-state index is 5.74. The van der Waals surface area contributed by atoms with Crippen LogP contribution in [0.3, 0.4) is 0 Å². The van der Waals surface area contributed by atoms with Crippen LogP contribution >= 0.6 is 0 Å². The molecule has 1 aromatic carbocycles. The van der Waals surface area contributed by atoms with Gasteiger partial charge < -0.3 is 10.1 Å². The van der Waals surface area contributed by atoms with Gasteiger partial charge in [0.15, 0.2) is 0 Å². The van der Waals surface area contributed by atoms with Crippen molar-refractivity contribution in [3.8, 4) is 5.75 Å². The molecule has 0 aliphatic heterocycles. The number of aryl methyl sites for hydroxylation is 1. The van der Waals surface area contributed by atoms with E-state index in [1.165, 1.54) is 11.1 Å². The molecule has 0 saturated carbocycles. The normalized spacial score (nSPS) is 12.8. The third kappa shape index (κ3) is 4.39. The largest absolute Gasteiger partial charge is 0.491 e. The number of rotatable bonds is 6. The average Bonchev–Trinajstić information content (AvgIpc) is 2.29. The van der Waals surface area contributed by atoms with Crippen molar-refractivity contribution in [2.75, 3.05) is 7.05 Å². The van der Waals surface area contributed by atoms with E-state index < -0.39 is 0 Å². The molecule has 0 aromatic heterocycles. The highest BCUT2D eigenvalue weighted by atomic mass is 16.5. The zero-order valence-electron chi connectivity index (χ0n) is 11.7. The van der Waals surface area contributed by atoms with Gasteiger partial charge in [-0.15, -0.1) is 0 Å². The smallest absolute Gasteiger partial charge is 0.122 e. The highest BCUT2D eigenvalue weighted by Crippen LogP contribution is 2.21. The van der Waals surface area contributed by atoms with Gasteiger partial charge in [-0.1, -0.05) is 19.1 Å². The summed E-state index contributed by atoms with van der Waals surface area (Å²) in [5, 5.41) is 3.34. The number of nitrogens with one attached hydrogen (secondary N) is 1. The van der Waals surface area contributed by atoms with Crippen molar-refractivity contribution in [2.45, 2.75) is 52.7 Å². The van der Waals surface area contributed by atoms with E-state index in [9.17, 15) is 0 Å².